The van der Waals surface area contributed by atoms with Crippen molar-refractivity contribution < 1.29 is 28.6 Å². The monoisotopic (exact) mass is 562 g/mol. The molecule has 1 unspecified atom stereocenters. The lowest BCUT2D eigenvalue weighted by atomic mass is 9.61. The lowest BCUT2D eigenvalue weighted by Crippen LogP contribution is -2.35. The fourth-order valence-electron chi connectivity index (χ4n) is 6.89. The first-order valence-corrected chi connectivity index (χ1v) is 16.7. The maximum absolute atomic E-state index is 13.3. The molecule has 6 atom stereocenters. The number of aliphatic hydroxyl groups excluding tert-OH is 2. The average Bonchev–Trinajstić information content (AvgIpc) is 3.26. The maximum Gasteiger partial charge on any atom is 0.400 e. The number of unbranched alkanes of at least 4 members (excludes halogenated alkanes) is 2. The maximum atomic E-state index is 13.3. The van der Waals surface area contributed by atoms with E-state index < -0.39 is 25.3 Å². The van der Waals surface area contributed by atoms with Crippen LogP contribution >= 0.6 is 7.60 Å². The van der Waals surface area contributed by atoms with Gasteiger partial charge in [0.15, 0.2) is 0 Å². The van der Waals surface area contributed by atoms with E-state index in [0.717, 1.165) is 68.9 Å². The Morgan fingerprint density at radius 2 is 1.82 bits per heavy atom. The lowest BCUT2D eigenvalue weighted by Gasteiger charge is -2.44. The van der Waals surface area contributed by atoms with Gasteiger partial charge in [-0.1, -0.05) is 70.9 Å². The van der Waals surface area contributed by atoms with Gasteiger partial charge in [-0.05, 0) is 91.8 Å². The summed E-state index contributed by atoms with van der Waals surface area (Å²) in [4.78, 5) is 13.0. The average molecular weight is 563 g/mol. The predicted octanol–water partition coefficient (Wildman–Crippen LogP) is 7.67. The van der Waals surface area contributed by atoms with E-state index in [-0.39, 0.29) is 24.5 Å². The van der Waals surface area contributed by atoms with Gasteiger partial charge in [0.1, 0.15) is 0 Å². The summed E-state index contributed by atoms with van der Waals surface area (Å²) in [7, 11) is -3.83. The molecule has 2 N–H and O–H groups in total. The Kier molecular flexibility index (Phi) is 12.0. The molecular weight excluding hydrogens is 511 g/mol. The van der Waals surface area contributed by atoms with Crippen molar-refractivity contribution in [2.24, 2.45) is 23.2 Å². The molecule has 0 aromatic heterocycles. The van der Waals surface area contributed by atoms with Crippen LogP contribution in [0, 0.1) is 23.2 Å². The zero-order valence-corrected chi connectivity index (χ0v) is 25.5. The Morgan fingerprint density at radius 3 is 2.46 bits per heavy atom. The third-order valence-electron chi connectivity index (χ3n) is 9.27. The molecule has 3 fully saturated rings. The summed E-state index contributed by atoms with van der Waals surface area (Å²) in [6.45, 7) is 13.2. The van der Waals surface area contributed by atoms with Crippen LogP contribution in [0.25, 0.3) is 0 Å². The topological polar surface area (TPSA) is 93.1 Å². The van der Waals surface area contributed by atoms with Gasteiger partial charge in [-0.25, -0.2) is 0 Å². The van der Waals surface area contributed by atoms with Crippen LogP contribution < -0.4 is 0 Å². The van der Waals surface area contributed by atoms with Gasteiger partial charge in [0.2, 0.25) is 0 Å². The fourth-order valence-corrected chi connectivity index (χ4v) is 8.23. The summed E-state index contributed by atoms with van der Waals surface area (Å²) < 4.78 is 24.4. The highest BCUT2D eigenvalue weighted by Gasteiger charge is 2.50. The number of hydrogen-bond acceptors (Lipinski definition) is 6. The largest absolute Gasteiger partial charge is 0.400 e. The van der Waals surface area contributed by atoms with Gasteiger partial charge in [-0.3, -0.25) is 9.36 Å². The normalized spacial score (nSPS) is 32.7. The Morgan fingerprint density at radius 1 is 1.15 bits per heavy atom. The minimum absolute atomic E-state index is 0.122. The summed E-state index contributed by atoms with van der Waals surface area (Å²) in [6.07, 6.45) is 16.1. The van der Waals surface area contributed by atoms with Crippen LogP contribution in [0.3, 0.4) is 0 Å². The first-order valence-electron chi connectivity index (χ1n) is 15.1. The quantitative estimate of drug-likeness (QED) is 0.136. The van der Waals surface area contributed by atoms with Crippen molar-refractivity contribution in [1.29, 1.82) is 0 Å². The fraction of sp³-hybridized carbons (Fsp3) is 0.719. The summed E-state index contributed by atoms with van der Waals surface area (Å²) in [6, 6.07) is 0. The summed E-state index contributed by atoms with van der Waals surface area (Å²) in [5.74, 6) is 1.04. The third-order valence-corrected chi connectivity index (χ3v) is 11.0. The molecule has 0 radical (unpaired) electrons. The number of allylic oxidation sites excluding steroid dienone is 5. The van der Waals surface area contributed by atoms with E-state index in [1.54, 1.807) is 0 Å². The zero-order valence-electron chi connectivity index (χ0n) is 24.6. The highest BCUT2D eigenvalue weighted by molar-refractivity contribution is 7.72. The van der Waals surface area contributed by atoms with Crippen LogP contribution in [-0.4, -0.2) is 41.2 Å². The van der Waals surface area contributed by atoms with E-state index >= 15 is 0 Å². The third kappa shape index (κ3) is 7.92. The number of rotatable bonds is 13. The first-order chi connectivity index (χ1) is 18.6. The van der Waals surface area contributed by atoms with Gasteiger partial charge < -0.3 is 19.3 Å². The van der Waals surface area contributed by atoms with E-state index in [9.17, 15) is 19.6 Å². The summed E-state index contributed by atoms with van der Waals surface area (Å²) in [5, 5.41) is 20.3. The Balaban J connectivity index is 1.71. The number of carbonyl (C=O) groups is 1. The molecule has 39 heavy (non-hydrogen) atoms. The van der Waals surface area contributed by atoms with Crippen molar-refractivity contribution in [3.05, 3.63) is 47.6 Å². The number of fused-ring (bicyclic) bond motifs is 1. The van der Waals surface area contributed by atoms with Crippen LogP contribution in [0.4, 0.5) is 0 Å². The highest BCUT2D eigenvalue weighted by Crippen LogP contribution is 2.59. The van der Waals surface area contributed by atoms with Crippen molar-refractivity contribution in [1.82, 2.24) is 0 Å². The summed E-state index contributed by atoms with van der Waals surface area (Å²) in [5.41, 5.74) is 2.67. The molecule has 3 saturated carbocycles. The molecule has 220 valence electrons. The number of aliphatic hydroxyl groups is 2. The lowest BCUT2D eigenvalue weighted by molar-refractivity contribution is -0.110. The molecule has 7 heteroatoms. The predicted molar refractivity (Wildman–Crippen MR) is 157 cm³/mol. The molecule has 6 nitrogen and oxygen atoms in total. The Hall–Kier alpha value is -1.30. The molecule has 0 amide bonds. The van der Waals surface area contributed by atoms with Gasteiger partial charge in [0.25, 0.3) is 5.52 Å². The van der Waals surface area contributed by atoms with Crippen LogP contribution in [0.15, 0.2) is 47.6 Å². The van der Waals surface area contributed by atoms with E-state index in [1.807, 2.05) is 19.9 Å². The minimum Gasteiger partial charge on any atom is -0.393 e. The number of hydrogen-bond donors (Lipinski definition) is 2. The molecule has 0 heterocycles. The van der Waals surface area contributed by atoms with Gasteiger partial charge in [0, 0.05) is 6.42 Å². The second-order valence-corrected chi connectivity index (χ2v) is 14.0. The number of carbonyl (C=O) groups excluding carboxylic acids is 1. The minimum atomic E-state index is -3.83. The molecule has 0 aromatic carbocycles. The van der Waals surface area contributed by atoms with Crippen LogP contribution in [0.1, 0.15) is 98.3 Å². The second kappa shape index (κ2) is 14.5. The van der Waals surface area contributed by atoms with Gasteiger partial charge in [-0.2, -0.15) is 0 Å². The van der Waals surface area contributed by atoms with Crippen molar-refractivity contribution >= 4 is 13.1 Å². The molecule has 3 aliphatic carbocycles. The van der Waals surface area contributed by atoms with Crippen molar-refractivity contribution in [3.8, 4) is 0 Å². The van der Waals surface area contributed by atoms with Gasteiger partial charge in [-0.15, -0.1) is 0 Å². The van der Waals surface area contributed by atoms with E-state index in [4.69, 9.17) is 9.05 Å². The van der Waals surface area contributed by atoms with Crippen molar-refractivity contribution in [2.75, 3.05) is 13.2 Å². The molecule has 3 aliphatic rings. The molecule has 3 rings (SSSR count). The highest BCUT2D eigenvalue weighted by atomic mass is 31.2. The molecule has 0 bridgehead atoms. The zero-order chi connectivity index (χ0) is 28.6. The first kappa shape index (κ1) is 32.2. The Labute approximate surface area is 236 Å². The smallest absolute Gasteiger partial charge is 0.393 e. The van der Waals surface area contributed by atoms with Crippen LogP contribution in [-0.2, 0) is 18.4 Å². The van der Waals surface area contributed by atoms with Crippen molar-refractivity contribution in [3.63, 3.8) is 0 Å². The summed E-state index contributed by atoms with van der Waals surface area (Å²) >= 11 is 0. The molecular formula is C32H51O6P. The van der Waals surface area contributed by atoms with Gasteiger partial charge >= 0.3 is 7.60 Å². The van der Waals surface area contributed by atoms with E-state index in [0.29, 0.717) is 24.7 Å². The Bertz CT molecular complexity index is 983. The van der Waals surface area contributed by atoms with Gasteiger partial charge in [0.05, 0.1) is 25.4 Å². The standard InChI is InChI=1S/C32H51O6P/c1-6-8-19-37-39(36,38-20-9-7-2)31(35)17-12-23(3)28-15-16-29-25(11-10-18-32(28,29)5)13-14-26-21-27(33)22-30(34)24(26)4/h12-14,17,23,27-30,33-34H,4,6-11,15-16,18-22H2,1-3,5H3/t23-,27-,28-,29?,30+,32-/m1/s1. The second-order valence-electron chi connectivity index (χ2n) is 12.1. The molecule has 0 saturated heterocycles. The molecule has 0 aliphatic heterocycles. The SMILES string of the molecule is C=C1C(=CC=C2CCC[C@@]3(C)C2CC[C@@H]3[C@H](C)C=CC(=O)P(=O)(OCCCC)OCCCC)C[C@@H](O)C[C@@H]1O. The molecule has 0 spiro atoms. The van der Waals surface area contributed by atoms with E-state index in [2.05, 4.69) is 32.6 Å². The molecule has 0 aromatic rings. The van der Waals surface area contributed by atoms with E-state index in [1.165, 1.54) is 11.6 Å². The van der Waals surface area contributed by atoms with Crippen LogP contribution in [0.5, 0.6) is 0 Å². The van der Waals surface area contributed by atoms with Crippen LogP contribution in [0.2, 0.25) is 0 Å². The van der Waals surface area contributed by atoms with Crippen molar-refractivity contribution in [2.45, 2.75) is 111 Å².